The highest BCUT2D eigenvalue weighted by atomic mass is 16.7. The molecule has 1 aliphatic heterocycles. The molecule has 0 aromatic rings. The summed E-state index contributed by atoms with van der Waals surface area (Å²) < 4.78 is 0. The van der Waals surface area contributed by atoms with E-state index in [1.54, 1.807) is 0 Å². The molecule has 2 amide bonds. The van der Waals surface area contributed by atoms with E-state index in [9.17, 15) is 19.2 Å². The van der Waals surface area contributed by atoms with Gasteiger partial charge in [0.2, 0.25) is 0 Å². The molecule has 1 aliphatic rings. The molecule has 0 saturated carbocycles. The van der Waals surface area contributed by atoms with Gasteiger partial charge in [0.1, 0.15) is 6.10 Å². The molecule has 0 bridgehead atoms. The Hall–Kier alpha value is -1.96. The second kappa shape index (κ2) is 6.10. The van der Waals surface area contributed by atoms with Crippen molar-refractivity contribution in [3.63, 3.8) is 0 Å². The van der Waals surface area contributed by atoms with Gasteiger partial charge in [0.05, 0.1) is 6.42 Å². The molecule has 1 fully saturated rings. The zero-order valence-corrected chi connectivity index (χ0v) is 9.50. The van der Waals surface area contributed by atoms with Crippen molar-refractivity contribution in [1.82, 2.24) is 5.06 Å². The molecule has 8 nitrogen and oxygen atoms in total. The molecule has 1 unspecified atom stereocenters. The van der Waals surface area contributed by atoms with Gasteiger partial charge in [0, 0.05) is 12.8 Å². The van der Waals surface area contributed by atoms with Gasteiger partial charge in [-0.15, -0.1) is 0 Å². The molecule has 8 heteroatoms. The maximum atomic E-state index is 11.2. The molecule has 1 rings (SSSR count). The Kier molecular flexibility index (Phi) is 4.78. The van der Waals surface area contributed by atoms with Gasteiger partial charge in [-0.2, -0.15) is 0 Å². The summed E-state index contributed by atoms with van der Waals surface area (Å²) >= 11 is 0. The third-order valence-corrected chi connectivity index (χ3v) is 2.29. The maximum absolute atomic E-state index is 11.2. The summed E-state index contributed by atoms with van der Waals surface area (Å²) in [5.74, 6) is -3.50. The van der Waals surface area contributed by atoms with E-state index < -0.39 is 36.3 Å². The lowest BCUT2D eigenvalue weighted by Gasteiger charge is -2.12. The molecule has 1 heterocycles. The monoisotopic (exact) mass is 259 g/mol. The van der Waals surface area contributed by atoms with Crippen LogP contribution >= 0.6 is 0 Å². The number of hydrogen-bond donors (Lipinski definition) is 2. The summed E-state index contributed by atoms with van der Waals surface area (Å²) in [4.78, 5) is 48.3. The lowest BCUT2D eigenvalue weighted by molar-refractivity contribution is -0.198. The van der Waals surface area contributed by atoms with Crippen molar-refractivity contribution < 1.29 is 34.2 Å². The third-order valence-electron chi connectivity index (χ3n) is 2.29. The number of imide groups is 1. The van der Waals surface area contributed by atoms with Gasteiger partial charge in [-0.05, 0) is 12.8 Å². The Balaban J connectivity index is 2.30. The number of rotatable bonds is 6. The first-order valence-corrected chi connectivity index (χ1v) is 5.39. The molecular formula is C10H13NO7. The van der Waals surface area contributed by atoms with Gasteiger partial charge in [0.25, 0.3) is 11.8 Å². The van der Waals surface area contributed by atoms with E-state index in [1.165, 1.54) is 0 Å². The third kappa shape index (κ3) is 3.81. The maximum Gasteiger partial charge on any atom is 0.333 e. The fourth-order valence-electron chi connectivity index (χ4n) is 1.38. The number of carboxylic acid groups (broad SMARTS) is 1. The number of hydroxylamine groups is 2. The Labute approximate surface area is 102 Å². The van der Waals surface area contributed by atoms with Crippen molar-refractivity contribution in [2.45, 2.75) is 38.2 Å². The van der Waals surface area contributed by atoms with Crippen LogP contribution in [0.3, 0.4) is 0 Å². The van der Waals surface area contributed by atoms with Crippen LogP contribution < -0.4 is 0 Å². The van der Waals surface area contributed by atoms with E-state index in [-0.39, 0.29) is 24.3 Å². The second-order valence-corrected chi connectivity index (χ2v) is 3.81. The van der Waals surface area contributed by atoms with Gasteiger partial charge in [0.15, 0.2) is 0 Å². The molecule has 1 saturated heterocycles. The van der Waals surface area contributed by atoms with Crippen molar-refractivity contribution in [2.75, 3.05) is 0 Å². The summed E-state index contributed by atoms with van der Waals surface area (Å²) in [5.41, 5.74) is 0. The molecule has 0 aliphatic carbocycles. The number of hydrogen-bond acceptors (Lipinski definition) is 6. The van der Waals surface area contributed by atoms with E-state index in [2.05, 4.69) is 4.84 Å². The van der Waals surface area contributed by atoms with Crippen LogP contribution in [0.25, 0.3) is 0 Å². The minimum atomic E-state index is -1.46. The number of carbonyl (C=O) groups is 4. The fourth-order valence-corrected chi connectivity index (χ4v) is 1.38. The van der Waals surface area contributed by atoms with Crippen LogP contribution in [-0.2, 0) is 24.0 Å². The van der Waals surface area contributed by atoms with E-state index >= 15 is 0 Å². The van der Waals surface area contributed by atoms with Crippen LogP contribution in [0.5, 0.6) is 0 Å². The topological polar surface area (TPSA) is 121 Å². The Morgan fingerprint density at radius 3 is 2.39 bits per heavy atom. The zero-order valence-electron chi connectivity index (χ0n) is 9.50. The summed E-state index contributed by atoms with van der Waals surface area (Å²) in [6.45, 7) is 0. The summed E-state index contributed by atoms with van der Waals surface area (Å²) in [5, 5.41) is 17.7. The molecule has 0 radical (unpaired) electrons. The van der Waals surface area contributed by atoms with Crippen LogP contribution in [0.15, 0.2) is 0 Å². The van der Waals surface area contributed by atoms with Gasteiger partial charge >= 0.3 is 11.9 Å². The summed E-state index contributed by atoms with van der Waals surface area (Å²) in [6.07, 6.45) is -1.44. The van der Waals surface area contributed by atoms with Crippen LogP contribution in [0.1, 0.15) is 32.1 Å². The van der Waals surface area contributed by atoms with Gasteiger partial charge < -0.3 is 15.1 Å². The minimum absolute atomic E-state index is 0.0619. The van der Waals surface area contributed by atoms with Crippen LogP contribution in [-0.4, -0.2) is 45.1 Å². The summed E-state index contributed by atoms with van der Waals surface area (Å²) in [7, 11) is 0. The Morgan fingerprint density at radius 2 is 1.89 bits per heavy atom. The molecule has 0 aromatic heterocycles. The highest BCUT2D eigenvalue weighted by molar-refractivity contribution is 6.04. The first kappa shape index (κ1) is 14.1. The van der Waals surface area contributed by atoms with Gasteiger partial charge in [-0.3, -0.25) is 14.4 Å². The highest BCUT2D eigenvalue weighted by Gasteiger charge is 2.40. The molecular weight excluding hydrogens is 246 g/mol. The number of aliphatic hydroxyl groups excluding tert-OH is 1. The van der Waals surface area contributed by atoms with Crippen LogP contribution in [0.4, 0.5) is 0 Å². The average Bonchev–Trinajstić information content (AvgIpc) is 2.51. The molecule has 18 heavy (non-hydrogen) atoms. The van der Waals surface area contributed by atoms with E-state index in [4.69, 9.17) is 10.2 Å². The van der Waals surface area contributed by atoms with Crippen molar-refractivity contribution >= 4 is 23.8 Å². The van der Waals surface area contributed by atoms with E-state index in [0.29, 0.717) is 6.42 Å². The normalized spacial score (nSPS) is 19.2. The SMILES string of the molecule is O=C(O)CCCCC(=O)ON1C(=O)CC(O)C1=O. The van der Waals surface area contributed by atoms with Crippen molar-refractivity contribution in [3.05, 3.63) is 0 Å². The number of unbranched alkanes of at least 4 members (excludes halogenated alkanes) is 1. The standard InChI is InChI=1S/C10H13NO7/c12-6-5-7(13)11(10(6)17)18-9(16)4-2-1-3-8(14)15/h6,12H,1-5H2,(H,14,15). The minimum Gasteiger partial charge on any atom is -0.481 e. The largest absolute Gasteiger partial charge is 0.481 e. The van der Waals surface area contributed by atoms with Crippen LogP contribution in [0, 0.1) is 0 Å². The van der Waals surface area contributed by atoms with Gasteiger partial charge in [-0.25, -0.2) is 4.79 Å². The van der Waals surface area contributed by atoms with Gasteiger partial charge in [-0.1, -0.05) is 5.06 Å². The first-order chi connectivity index (χ1) is 8.41. The molecule has 100 valence electrons. The fraction of sp³-hybridized carbons (Fsp3) is 0.600. The number of aliphatic hydroxyl groups is 1. The van der Waals surface area contributed by atoms with Crippen molar-refractivity contribution in [3.8, 4) is 0 Å². The highest BCUT2D eigenvalue weighted by Crippen LogP contribution is 2.14. The first-order valence-electron chi connectivity index (χ1n) is 5.39. The molecule has 1 atom stereocenters. The lowest BCUT2D eigenvalue weighted by atomic mass is 10.2. The number of carboxylic acids is 1. The predicted octanol–water partition coefficient (Wildman–Crippen LogP) is -0.791. The average molecular weight is 259 g/mol. The molecule has 0 spiro atoms. The Bertz CT molecular complexity index is 378. The second-order valence-electron chi connectivity index (χ2n) is 3.81. The summed E-state index contributed by atoms with van der Waals surface area (Å²) in [6, 6.07) is 0. The van der Waals surface area contributed by atoms with E-state index in [0.717, 1.165) is 0 Å². The molecule has 2 N–H and O–H groups in total. The van der Waals surface area contributed by atoms with Crippen LogP contribution in [0.2, 0.25) is 0 Å². The van der Waals surface area contributed by atoms with E-state index in [1.807, 2.05) is 0 Å². The predicted molar refractivity (Wildman–Crippen MR) is 54.7 cm³/mol. The number of nitrogens with zero attached hydrogens (tertiary/aromatic N) is 1. The lowest BCUT2D eigenvalue weighted by Crippen LogP contribution is -2.34. The Morgan fingerprint density at radius 1 is 1.28 bits per heavy atom. The van der Waals surface area contributed by atoms with Crippen molar-refractivity contribution in [2.24, 2.45) is 0 Å². The number of amides is 2. The molecule has 0 aromatic carbocycles. The zero-order chi connectivity index (χ0) is 13.7. The number of aliphatic carboxylic acids is 1. The van der Waals surface area contributed by atoms with Crippen molar-refractivity contribution in [1.29, 1.82) is 0 Å². The quantitative estimate of drug-likeness (QED) is 0.473. The number of carbonyl (C=O) groups excluding carboxylic acids is 3. The smallest absolute Gasteiger partial charge is 0.333 e.